The number of hydrogen-bond acceptors (Lipinski definition) is 4. The monoisotopic (exact) mass is 356 g/mol. The molecule has 2 heterocycles. The lowest BCUT2D eigenvalue weighted by Crippen LogP contribution is -2.42. The Kier molecular flexibility index (Phi) is 6.28. The molecule has 1 fully saturated rings. The number of nitrogens with one attached hydrogen (secondary N) is 1. The maximum absolute atomic E-state index is 5.62. The lowest BCUT2D eigenvalue weighted by atomic mass is 10.1. The van der Waals surface area contributed by atoms with Crippen LogP contribution in [0.1, 0.15) is 17.7 Å². The second-order valence-electron chi connectivity index (χ2n) is 6.84. The van der Waals surface area contributed by atoms with Crippen molar-refractivity contribution in [2.24, 2.45) is 10.9 Å². The van der Waals surface area contributed by atoms with Crippen LogP contribution in [0.5, 0.6) is 0 Å². The second-order valence-corrected chi connectivity index (χ2v) is 6.84. The van der Waals surface area contributed by atoms with E-state index in [0.717, 1.165) is 56.4 Å². The highest BCUT2D eigenvalue weighted by Gasteiger charge is 2.19. The van der Waals surface area contributed by atoms with Crippen LogP contribution in [-0.2, 0) is 11.2 Å². The molecule has 0 bridgehead atoms. The van der Waals surface area contributed by atoms with Crippen LogP contribution >= 0.6 is 0 Å². The number of hydrogen-bond donors (Lipinski definition) is 1. The quantitative estimate of drug-likeness (QED) is 0.637. The molecular formula is C20H28N4O2. The van der Waals surface area contributed by atoms with E-state index in [1.165, 1.54) is 5.56 Å². The van der Waals surface area contributed by atoms with Gasteiger partial charge in [-0.05, 0) is 25.5 Å². The molecule has 0 amide bonds. The maximum atomic E-state index is 5.62. The number of oxazole rings is 1. The maximum Gasteiger partial charge on any atom is 0.226 e. The van der Waals surface area contributed by atoms with E-state index in [4.69, 9.17) is 9.15 Å². The van der Waals surface area contributed by atoms with Crippen molar-refractivity contribution in [3.8, 4) is 11.5 Å². The van der Waals surface area contributed by atoms with E-state index in [9.17, 15) is 0 Å². The molecule has 3 rings (SSSR count). The number of rotatable bonds is 6. The van der Waals surface area contributed by atoms with E-state index in [-0.39, 0.29) is 0 Å². The number of guanidine groups is 1. The van der Waals surface area contributed by atoms with Crippen LogP contribution in [-0.4, -0.2) is 56.2 Å². The number of nitrogens with zero attached hydrogens (tertiary/aromatic N) is 3. The number of aryl methyl sites for hydroxylation is 1. The van der Waals surface area contributed by atoms with E-state index < -0.39 is 0 Å². The van der Waals surface area contributed by atoms with Gasteiger partial charge in [-0.3, -0.25) is 4.99 Å². The predicted octanol–water partition coefficient (Wildman–Crippen LogP) is 2.74. The molecule has 2 aromatic rings. The summed E-state index contributed by atoms with van der Waals surface area (Å²) in [4.78, 5) is 11.1. The minimum absolute atomic E-state index is 0.589. The zero-order valence-electron chi connectivity index (χ0n) is 15.9. The fourth-order valence-corrected chi connectivity index (χ4v) is 3.14. The average molecular weight is 356 g/mol. The Bertz CT molecular complexity index is 718. The van der Waals surface area contributed by atoms with Crippen LogP contribution in [0.25, 0.3) is 11.5 Å². The van der Waals surface area contributed by atoms with Crippen molar-refractivity contribution in [1.29, 1.82) is 0 Å². The van der Waals surface area contributed by atoms with Gasteiger partial charge in [-0.2, -0.15) is 0 Å². The summed E-state index contributed by atoms with van der Waals surface area (Å²) in [6, 6.07) is 8.20. The Labute approximate surface area is 155 Å². The lowest BCUT2D eigenvalue weighted by molar-refractivity contribution is 0.181. The third-order valence-corrected chi connectivity index (χ3v) is 4.64. The van der Waals surface area contributed by atoms with Crippen molar-refractivity contribution >= 4 is 5.96 Å². The Hall–Kier alpha value is -2.34. The van der Waals surface area contributed by atoms with E-state index in [1.54, 1.807) is 6.26 Å². The molecule has 0 radical (unpaired) electrons. The van der Waals surface area contributed by atoms with Crippen LogP contribution in [0.4, 0.5) is 0 Å². The zero-order chi connectivity index (χ0) is 18.4. The van der Waals surface area contributed by atoms with E-state index in [0.29, 0.717) is 11.8 Å². The van der Waals surface area contributed by atoms with E-state index in [1.807, 2.05) is 19.2 Å². The van der Waals surface area contributed by atoms with Gasteiger partial charge in [-0.1, -0.05) is 17.7 Å². The molecule has 1 aliphatic rings. The predicted molar refractivity (Wildman–Crippen MR) is 103 cm³/mol. The summed E-state index contributed by atoms with van der Waals surface area (Å²) in [5.41, 5.74) is 3.17. The highest BCUT2D eigenvalue weighted by atomic mass is 16.5. The molecule has 0 aliphatic carbocycles. The van der Waals surface area contributed by atoms with Gasteiger partial charge in [0.2, 0.25) is 5.89 Å². The summed E-state index contributed by atoms with van der Waals surface area (Å²) >= 11 is 0. The zero-order valence-corrected chi connectivity index (χ0v) is 15.9. The van der Waals surface area contributed by atoms with E-state index in [2.05, 4.69) is 46.3 Å². The van der Waals surface area contributed by atoms with Gasteiger partial charge in [0.15, 0.2) is 5.96 Å². The molecule has 1 atom stereocenters. The summed E-state index contributed by atoms with van der Waals surface area (Å²) in [5.74, 6) is 2.16. The molecule has 1 saturated heterocycles. The molecule has 1 aromatic carbocycles. The Morgan fingerprint density at radius 2 is 2.15 bits per heavy atom. The fourth-order valence-electron chi connectivity index (χ4n) is 3.14. The first-order chi connectivity index (χ1) is 12.7. The minimum Gasteiger partial charge on any atom is -0.444 e. The summed E-state index contributed by atoms with van der Waals surface area (Å²) in [5, 5.41) is 3.40. The average Bonchev–Trinajstić information content (AvgIpc) is 3.31. The Morgan fingerprint density at radius 3 is 2.85 bits per heavy atom. The van der Waals surface area contributed by atoms with Gasteiger partial charge in [-0.25, -0.2) is 4.98 Å². The fraction of sp³-hybridized carbons (Fsp3) is 0.500. The van der Waals surface area contributed by atoms with Crippen molar-refractivity contribution < 1.29 is 9.15 Å². The van der Waals surface area contributed by atoms with Crippen molar-refractivity contribution in [2.75, 3.05) is 40.4 Å². The van der Waals surface area contributed by atoms with Crippen LogP contribution in [0.3, 0.4) is 0 Å². The van der Waals surface area contributed by atoms with Gasteiger partial charge in [-0.15, -0.1) is 0 Å². The molecule has 0 saturated carbocycles. The molecule has 6 nitrogen and oxygen atoms in total. The standard InChI is InChI=1S/C20H28N4O2/c1-15-4-6-17(7-5-15)19-23-18(14-26-19)8-10-22-20(21-2)24(3)12-16-9-11-25-13-16/h4-7,14,16H,8-13H2,1-3H3,(H,21,22). The van der Waals surface area contributed by atoms with Crippen molar-refractivity contribution in [1.82, 2.24) is 15.2 Å². The topological polar surface area (TPSA) is 62.9 Å². The van der Waals surface area contributed by atoms with Crippen LogP contribution in [0.2, 0.25) is 0 Å². The molecule has 1 unspecified atom stereocenters. The van der Waals surface area contributed by atoms with Crippen LogP contribution < -0.4 is 5.32 Å². The number of aliphatic imine (C=N–C) groups is 1. The van der Waals surface area contributed by atoms with Gasteiger partial charge in [0.25, 0.3) is 0 Å². The first-order valence-corrected chi connectivity index (χ1v) is 9.16. The summed E-state index contributed by atoms with van der Waals surface area (Å²) in [7, 11) is 3.88. The van der Waals surface area contributed by atoms with Crippen LogP contribution in [0.15, 0.2) is 39.9 Å². The third-order valence-electron chi connectivity index (χ3n) is 4.64. The Morgan fingerprint density at radius 1 is 1.35 bits per heavy atom. The first kappa shape index (κ1) is 18.5. The highest BCUT2D eigenvalue weighted by molar-refractivity contribution is 5.79. The minimum atomic E-state index is 0.589. The molecule has 0 spiro atoms. The van der Waals surface area contributed by atoms with Crippen molar-refractivity contribution in [3.63, 3.8) is 0 Å². The second kappa shape index (κ2) is 8.85. The van der Waals surface area contributed by atoms with Gasteiger partial charge in [0.05, 0.1) is 12.3 Å². The molecule has 26 heavy (non-hydrogen) atoms. The largest absolute Gasteiger partial charge is 0.444 e. The normalized spacial score (nSPS) is 17.5. The molecule has 1 aliphatic heterocycles. The summed E-state index contributed by atoms with van der Waals surface area (Å²) in [6.07, 6.45) is 3.65. The molecule has 6 heteroatoms. The summed E-state index contributed by atoms with van der Waals surface area (Å²) < 4.78 is 11.1. The lowest BCUT2D eigenvalue weighted by Gasteiger charge is -2.24. The smallest absolute Gasteiger partial charge is 0.226 e. The first-order valence-electron chi connectivity index (χ1n) is 9.16. The number of aromatic nitrogens is 1. The van der Waals surface area contributed by atoms with Crippen molar-refractivity contribution in [3.05, 3.63) is 41.8 Å². The third kappa shape index (κ3) is 4.85. The van der Waals surface area contributed by atoms with Gasteiger partial charge < -0.3 is 19.4 Å². The number of ether oxygens (including phenoxy) is 1. The van der Waals surface area contributed by atoms with E-state index >= 15 is 0 Å². The summed E-state index contributed by atoms with van der Waals surface area (Å²) in [6.45, 7) is 5.52. The van der Waals surface area contributed by atoms with Crippen LogP contribution in [0, 0.1) is 12.8 Å². The molecule has 140 valence electrons. The highest BCUT2D eigenvalue weighted by Crippen LogP contribution is 2.19. The van der Waals surface area contributed by atoms with Crippen molar-refractivity contribution in [2.45, 2.75) is 19.8 Å². The molecular weight excluding hydrogens is 328 g/mol. The van der Waals surface area contributed by atoms with Gasteiger partial charge in [0.1, 0.15) is 6.26 Å². The SMILES string of the molecule is CN=C(NCCc1coc(-c2ccc(C)cc2)n1)N(C)CC1CCOC1. The molecule has 1 N–H and O–H groups in total. The van der Waals surface area contributed by atoms with Gasteiger partial charge in [0, 0.05) is 51.7 Å². The number of benzene rings is 1. The van der Waals surface area contributed by atoms with Gasteiger partial charge >= 0.3 is 0 Å². The Balaban J connectivity index is 1.48. The molecule has 1 aromatic heterocycles.